The van der Waals surface area contributed by atoms with Crippen LogP contribution in [-0.2, 0) is 16.4 Å². The fourth-order valence-corrected chi connectivity index (χ4v) is 4.58. The molecule has 0 aromatic heterocycles. The van der Waals surface area contributed by atoms with E-state index in [1.807, 2.05) is 18.2 Å². The summed E-state index contributed by atoms with van der Waals surface area (Å²) in [5, 5.41) is 9.41. The van der Waals surface area contributed by atoms with E-state index in [1.54, 1.807) is 24.3 Å². The second-order valence-corrected chi connectivity index (χ2v) is 10.7. The molecule has 3 aromatic carbocycles. The van der Waals surface area contributed by atoms with Gasteiger partial charge in [0.25, 0.3) is 5.91 Å². The molecule has 1 N–H and O–H groups in total. The lowest BCUT2D eigenvalue weighted by Crippen LogP contribution is -2.28. The van der Waals surface area contributed by atoms with E-state index in [2.05, 4.69) is 25.5 Å². The second-order valence-electron chi connectivity index (χ2n) is 9.04. The average molecular weight is 524 g/mol. The molecule has 7 nitrogen and oxygen atoms in total. The van der Waals surface area contributed by atoms with Crippen LogP contribution in [0.25, 0.3) is 0 Å². The van der Waals surface area contributed by atoms with Crippen LogP contribution in [0.15, 0.2) is 59.5 Å². The van der Waals surface area contributed by atoms with Crippen molar-refractivity contribution in [2.45, 2.75) is 31.1 Å². The molecule has 0 heterocycles. The molecule has 3 rings (SSSR count). The van der Waals surface area contributed by atoms with Gasteiger partial charge in [-0.2, -0.15) is 5.26 Å². The van der Waals surface area contributed by atoms with Crippen molar-refractivity contribution < 1.29 is 18.5 Å². The van der Waals surface area contributed by atoms with Gasteiger partial charge in [0.2, 0.25) is 0 Å². The number of aldehydes is 1. The predicted octanol–water partition coefficient (Wildman–Crippen LogP) is 5.74. The van der Waals surface area contributed by atoms with Crippen molar-refractivity contribution >= 4 is 46.2 Å². The van der Waals surface area contributed by atoms with Crippen LogP contribution in [0, 0.1) is 11.3 Å². The Balaban J connectivity index is 2.02. The monoisotopic (exact) mass is 523 g/mol. The van der Waals surface area contributed by atoms with Crippen molar-refractivity contribution in [2.75, 3.05) is 23.8 Å². The lowest BCUT2D eigenvalue weighted by molar-refractivity contribution is 0.0987. The molecule has 1 amide bonds. The number of hydrogen-bond donors (Lipinski definition) is 1. The third-order valence-corrected chi connectivity index (χ3v) is 7.04. The Morgan fingerprint density at radius 1 is 1.14 bits per heavy atom. The van der Waals surface area contributed by atoms with E-state index < -0.39 is 16.9 Å². The number of anilines is 2. The molecule has 0 aliphatic heterocycles. The van der Waals surface area contributed by atoms with Gasteiger partial charge in [-0.05, 0) is 47.4 Å². The van der Waals surface area contributed by atoms with Gasteiger partial charge in [0, 0.05) is 24.4 Å². The van der Waals surface area contributed by atoms with E-state index in [0.29, 0.717) is 28.2 Å². The SMILES string of the molecule is COc1cc(C#N)cc(N(C)C(=O)c2c(NS(=O)c3ccc(C(C)(C)C)cc3)ccc(Cl)c2C=O)c1. The maximum atomic E-state index is 13.6. The van der Waals surface area contributed by atoms with Crippen LogP contribution >= 0.6 is 11.6 Å². The number of hydrogen-bond acceptors (Lipinski definition) is 5. The van der Waals surface area contributed by atoms with Crippen molar-refractivity contribution in [3.63, 3.8) is 0 Å². The molecular formula is C27H26ClN3O4S. The highest BCUT2D eigenvalue weighted by atomic mass is 35.5. The summed E-state index contributed by atoms with van der Waals surface area (Å²) >= 11 is 6.24. The zero-order valence-corrected chi connectivity index (χ0v) is 22.2. The summed E-state index contributed by atoms with van der Waals surface area (Å²) in [5.41, 5.74) is 1.80. The molecule has 0 saturated heterocycles. The minimum absolute atomic E-state index is 0.0398. The highest BCUT2D eigenvalue weighted by Crippen LogP contribution is 2.31. The van der Waals surface area contributed by atoms with E-state index in [4.69, 9.17) is 16.3 Å². The van der Waals surface area contributed by atoms with Gasteiger partial charge in [-0.15, -0.1) is 0 Å². The Bertz CT molecular complexity index is 1380. The maximum absolute atomic E-state index is 13.6. The maximum Gasteiger partial charge on any atom is 0.260 e. The number of halogens is 1. The fraction of sp³-hybridized carbons (Fsp3) is 0.222. The Morgan fingerprint density at radius 2 is 1.81 bits per heavy atom. The van der Waals surface area contributed by atoms with E-state index in [-0.39, 0.29) is 27.3 Å². The third kappa shape index (κ3) is 5.76. The lowest BCUT2D eigenvalue weighted by Gasteiger charge is -2.22. The van der Waals surface area contributed by atoms with E-state index in [0.717, 1.165) is 5.56 Å². The van der Waals surface area contributed by atoms with Crippen molar-refractivity contribution in [3.8, 4) is 11.8 Å². The number of nitrogens with one attached hydrogen (secondary N) is 1. The van der Waals surface area contributed by atoms with Crippen LogP contribution < -0.4 is 14.4 Å². The van der Waals surface area contributed by atoms with Gasteiger partial charge in [0.05, 0.1) is 39.9 Å². The average Bonchev–Trinajstić information content (AvgIpc) is 2.87. The first-order valence-corrected chi connectivity index (χ1v) is 12.5. The first-order valence-electron chi connectivity index (χ1n) is 10.9. The Hall–Kier alpha value is -3.67. The van der Waals surface area contributed by atoms with Crippen LogP contribution in [-0.4, -0.2) is 30.6 Å². The Labute approximate surface area is 218 Å². The van der Waals surface area contributed by atoms with Crippen molar-refractivity contribution in [2.24, 2.45) is 0 Å². The van der Waals surface area contributed by atoms with E-state index in [9.17, 15) is 19.1 Å². The van der Waals surface area contributed by atoms with Gasteiger partial charge in [-0.3, -0.25) is 9.59 Å². The Kier molecular flexibility index (Phi) is 8.18. The number of carbonyl (C=O) groups excluding carboxylic acids is 2. The van der Waals surface area contributed by atoms with Crippen molar-refractivity contribution in [3.05, 3.63) is 81.9 Å². The topological polar surface area (TPSA) is 99.5 Å². The smallest absolute Gasteiger partial charge is 0.260 e. The summed E-state index contributed by atoms with van der Waals surface area (Å²) < 4.78 is 21.2. The molecule has 36 heavy (non-hydrogen) atoms. The number of ether oxygens (including phenoxy) is 1. The molecule has 0 bridgehead atoms. The number of methoxy groups -OCH3 is 1. The highest BCUT2D eigenvalue weighted by Gasteiger charge is 2.25. The summed E-state index contributed by atoms with van der Waals surface area (Å²) in [4.78, 5) is 27.3. The van der Waals surface area contributed by atoms with Gasteiger partial charge in [0.1, 0.15) is 16.7 Å². The summed E-state index contributed by atoms with van der Waals surface area (Å²) in [6, 6.07) is 17.0. The number of nitriles is 1. The summed E-state index contributed by atoms with van der Waals surface area (Å²) in [6.45, 7) is 6.26. The van der Waals surface area contributed by atoms with Gasteiger partial charge in [-0.25, -0.2) is 4.21 Å². The molecule has 0 fully saturated rings. The quantitative estimate of drug-likeness (QED) is 0.398. The van der Waals surface area contributed by atoms with Gasteiger partial charge in [0.15, 0.2) is 6.29 Å². The van der Waals surface area contributed by atoms with Crippen molar-refractivity contribution in [1.29, 1.82) is 5.26 Å². The Morgan fingerprint density at radius 3 is 2.36 bits per heavy atom. The van der Waals surface area contributed by atoms with Crippen molar-refractivity contribution in [1.82, 2.24) is 0 Å². The fourth-order valence-electron chi connectivity index (χ4n) is 3.51. The minimum Gasteiger partial charge on any atom is -0.497 e. The molecule has 1 atom stereocenters. The zero-order chi connectivity index (χ0) is 26.6. The number of nitrogens with zero attached hydrogens (tertiary/aromatic N) is 2. The zero-order valence-electron chi connectivity index (χ0n) is 20.6. The molecule has 0 aliphatic carbocycles. The first kappa shape index (κ1) is 26.9. The normalized spacial score (nSPS) is 11.8. The van der Waals surface area contributed by atoms with E-state index in [1.165, 1.54) is 37.3 Å². The molecule has 9 heteroatoms. The van der Waals surface area contributed by atoms with Crippen LogP contribution in [0.4, 0.5) is 11.4 Å². The first-order chi connectivity index (χ1) is 17.0. The molecular weight excluding hydrogens is 498 g/mol. The number of benzene rings is 3. The molecule has 0 spiro atoms. The number of carbonyl (C=O) groups is 2. The summed E-state index contributed by atoms with van der Waals surface area (Å²) in [5.74, 6) is -0.192. The molecule has 0 saturated carbocycles. The van der Waals surface area contributed by atoms with Gasteiger partial charge in [-0.1, -0.05) is 44.5 Å². The van der Waals surface area contributed by atoms with Crippen LogP contribution in [0.5, 0.6) is 5.75 Å². The summed E-state index contributed by atoms with van der Waals surface area (Å²) in [7, 11) is 1.23. The molecule has 3 aromatic rings. The van der Waals surface area contributed by atoms with Gasteiger partial charge < -0.3 is 14.4 Å². The standard InChI is InChI=1S/C27H26ClN3O4S/c1-27(2,3)18-6-8-21(9-7-18)36(34)30-24-11-10-23(28)22(16-32)25(24)26(33)31(4)19-12-17(15-29)13-20(14-19)35-5/h6-14,16,30H,1-5H3. The lowest BCUT2D eigenvalue weighted by atomic mass is 9.87. The number of amides is 1. The van der Waals surface area contributed by atoms with Gasteiger partial charge >= 0.3 is 0 Å². The van der Waals surface area contributed by atoms with Crippen LogP contribution in [0.1, 0.15) is 52.6 Å². The number of rotatable bonds is 7. The van der Waals surface area contributed by atoms with Crippen LogP contribution in [0.2, 0.25) is 5.02 Å². The molecule has 0 aliphatic rings. The molecule has 1 unspecified atom stereocenters. The minimum atomic E-state index is -1.72. The summed E-state index contributed by atoms with van der Waals surface area (Å²) in [6.07, 6.45) is 0.488. The third-order valence-electron chi connectivity index (χ3n) is 5.61. The van der Waals surface area contributed by atoms with E-state index >= 15 is 0 Å². The molecule has 0 radical (unpaired) electrons. The molecule has 186 valence electrons. The highest BCUT2D eigenvalue weighted by molar-refractivity contribution is 7.86. The second kappa shape index (κ2) is 10.9. The largest absolute Gasteiger partial charge is 0.497 e. The van der Waals surface area contributed by atoms with Crippen LogP contribution in [0.3, 0.4) is 0 Å². The predicted molar refractivity (Wildman–Crippen MR) is 142 cm³/mol.